The molecule has 0 bridgehead atoms. The first-order valence-corrected chi connectivity index (χ1v) is 7.82. The topological polar surface area (TPSA) is 52.3 Å². The van der Waals surface area contributed by atoms with E-state index in [1.807, 2.05) is 0 Å². The van der Waals surface area contributed by atoms with Crippen molar-refractivity contribution in [1.82, 2.24) is 0 Å². The largest absolute Gasteiger partial charge is 0.462 e. The van der Waals surface area contributed by atoms with Crippen LogP contribution >= 0.6 is 0 Å². The summed E-state index contributed by atoms with van der Waals surface area (Å²) >= 11 is 0. The Morgan fingerprint density at radius 1 is 1.21 bits per heavy atom. The Balaban J connectivity index is 2.20. The third-order valence-corrected chi connectivity index (χ3v) is 3.98. The summed E-state index contributed by atoms with van der Waals surface area (Å²) in [5, 5.41) is 0. The molecule has 0 aromatic rings. The molecule has 0 aromatic heterocycles. The second kappa shape index (κ2) is 7.88. The quantitative estimate of drug-likeness (QED) is 0.567. The van der Waals surface area contributed by atoms with Gasteiger partial charge >= 0.3 is 5.97 Å². The number of unbranched alkanes of at least 4 members (excludes halogenated alkanes) is 3. The van der Waals surface area contributed by atoms with Crippen LogP contribution in [0.4, 0.5) is 0 Å². The van der Waals surface area contributed by atoms with E-state index in [9.17, 15) is 4.79 Å². The second-order valence-corrected chi connectivity index (χ2v) is 6.98. The Labute approximate surface area is 118 Å². The van der Waals surface area contributed by atoms with Crippen molar-refractivity contribution in [3.8, 4) is 0 Å². The molecule has 2 atom stereocenters. The first kappa shape index (κ1) is 16.5. The fraction of sp³-hybridized carbons (Fsp3) is 0.938. The van der Waals surface area contributed by atoms with E-state index in [0.717, 1.165) is 45.1 Å². The minimum Gasteiger partial charge on any atom is -0.462 e. The molecule has 0 radical (unpaired) electrons. The normalized spacial score (nSPS) is 26.1. The third-order valence-electron chi connectivity index (χ3n) is 3.98. The summed E-state index contributed by atoms with van der Waals surface area (Å²) in [7, 11) is 0. The highest BCUT2D eigenvalue weighted by Crippen LogP contribution is 2.39. The minimum atomic E-state index is -0.0114. The lowest BCUT2D eigenvalue weighted by Crippen LogP contribution is -2.33. The van der Waals surface area contributed by atoms with Crippen LogP contribution in [0.3, 0.4) is 0 Å². The standard InChI is InChI=1S/C16H31NO2/c1-13-10-14(12-16(2,3)11-13)19-15(18)8-6-4-5-7-9-17/h13-14H,4-12,17H2,1-3H3. The van der Waals surface area contributed by atoms with Gasteiger partial charge in [-0.1, -0.05) is 33.6 Å². The number of hydrogen-bond donors (Lipinski definition) is 1. The molecule has 3 heteroatoms. The van der Waals surface area contributed by atoms with Crippen molar-refractivity contribution in [3.63, 3.8) is 0 Å². The van der Waals surface area contributed by atoms with Crippen LogP contribution in [0.5, 0.6) is 0 Å². The molecule has 1 rings (SSSR count). The lowest BCUT2D eigenvalue weighted by molar-refractivity contribution is -0.153. The maximum Gasteiger partial charge on any atom is 0.306 e. The Morgan fingerprint density at radius 2 is 1.89 bits per heavy atom. The van der Waals surface area contributed by atoms with E-state index < -0.39 is 0 Å². The van der Waals surface area contributed by atoms with Crippen LogP contribution in [0.15, 0.2) is 0 Å². The average Bonchev–Trinajstić information content (AvgIpc) is 2.25. The number of esters is 1. The third kappa shape index (κ3) is 6.95. The van der Waals surface area contributed by atoms with E-state index >= 15 is 0 Å². The monoisotopic (exact) mass is 269 g/mol. The van der Waals surface area contributed by atoms with E-state index in [1.54, 1.807) is 0 Å². The van der Waals surface area contributed by atoms with E-state index in [-0.39, 0.29) is 12.1 Å². The zero-order valence-electron chi connectivity index (χ0n) is 12.9. The van der Waals surface area contributed by atoms with Gasteiger partial charge in [0.25, 0.3) is 0 Å². The lowest BCUT2D eigenvalue weighted by Gasteiger charge is -2.38. The predicted octanol–water partition coefficient (Wildman–Crippen LogP) is 3.65. The molecule has 1 aliphatic rings. The number of carbonyl (C=O) groups excluding carboxylic acids is 1. The Hall–Kier alpha value is -0.570. The van der Waals surface area contributed by atoms with Crippen molar-refractivity contribution in [2.75, 3.05) is 6.54 Å². The van der Waals surface area contributed by atoms with E-state index in [1.165, 1.54) is 6.42 Å². The van der Waals surface area contributed by atoms with E-state index in [2.05, 4.69) is 20.8 Å². The number of nitrogens with two attached hydrogens (primary N) is 1. The Morgan fingerprint density at radius 3 is 2.53 bits per heavy atom. The molecule has 1 saturated carbocycles. The van der Waals surface area contributed by atoms with Gasteiger partial charge in [-0.25, -0.2) is 0 Å². The number of ether oxygens (including phenoxy) is 1. The summed E-state index contributed by atoms with van der Waals surface area (Å²) in [6, 6.07) is 0. The second-order valence-electron chi connectivity index (χ2n) is 6.98. The predicted molar refractivity (Wildman–Crippen MR) is 78.8 cm³/mol. The van der Waals surface area contributed by atoms with Crippen LogP contribution < -0.4 is 5.73 Å². The first-order valence-electron chi connectivity index (χ1n) is 7.82. The summed E-state index contributed by atoms with van der Waals surface area (Å²) in [6.45, 7) is 7.56. The number of rotatable bonds is 7. The lowest BCUT2D eigenvalue weighted by atomic mass is 9.71. The van der Waals surface area contributed by atoms with Gasteiger partial charge in [0.2, 0.25) is 0 Å². The fourth-order valence-electron chi connectivity index (χ4n) is 3.36. The molecular weight excluding hydrogens is 238 g/mol. The van der Waals surface area contributed by atoms with E-state index in [0.29, 0.717) is 17.8 Å². The number of hydrogen-bond acceptors (Lipinski definition) is 3. The molecule has 2 N–H and O–H groups in total. The van der Waals surface area contributed by atoms with Crippen LogP contribution in [-0.2, 0) is 9.53 Å². The molecule has 0 spiro atoms. The fourth-order valence-corrected chi connectivity index (χ4v) is 3.36. The highest BCUT2D eigenvalue weighted by molar-refractivity contribution is 5.69. The average molecular weight is 269 g/mol. The maximum atomic E-state index is 11.8. The van der Waals surface area contributed by atoms with Gasteiger partial charge in [0.1, 0.15) is 6.10 Å². The van der Waals surface area contributed by atoms with Crippen molar-refractivity contribution < 1.29 is 9.53 Å². The van der Waals surface area contributed by atoms with Gasteiger partial charge in [-0.05, 0) is 50.0 Å². The van der Waals surface area contributed by atoms with Gasteiger partial charge in [0.15, 0.2) is 0 Å². The number of carbonyl (C=O) groups is 1. The molecule has 2 unspecified atom stereocenters. The highest BCUT2D eigenvalue weighted by Gasteiger charge is 2.33. The Kier molecular flexibility index (Phi) is 6.84. The van der Waals surface area contributed by atoms with Crippen LogP contribution in [0, 0.1) is 11.3 Å². The highest BCUT2D eigenvalue weighted by atomic mass is 16.5. The van der Waals surface area contributed by atoms with Crippen molar-refractivity contribution in [2.24, 2.45) is 17.1 Å². The smallest absolute Gasteiger partial charge is 0.306 e. The van der Waals surface area contributed by atoms with Crippen molar-refractivity contribution >= 4 is 5.97 Å². The molecule has 3 nitrogen and oxygen atoms in total. The molecule has 0 saturated heterocycles. The summed E-state index contributed by atoms with van der Waals surface area (Å²) in [4.78, 5) is 11.8. The maximum absolute atomic E-state index is 11.8. The van der Waals surface area contributed by atoms with Crippen molar-refractivity contribution in [1.29, 1.82) is 0 Å². The van der Waals surface area contributed by atoms with Crippen LogP contribution in [0.25, 0.3) is 0 Å². The molecule has 0 aliphatic heterocycles. The van der Waals surface area contributed by atoms with Gasteiger partial charge in [0, 0.05) is 6.42 Å². The molecule has 0 amide bonds. The zero-order chi connectivity index (χ0) is 14.3. The van der Waals surface area contributed by atoms with Crippen molar-refractivity contribution in [2.45, 2.75) is 78.2 Å². The molecular formula is C16H31NO2. The first-order chi connectivity index (χ1) is 8.93. The molecule has 0 heterocycles. The Bertz CT molecular complexity index is 276. The summed E-state index contributed by atoms with van der Waals surface area (Å²) < 4.78 is 5.64. The summed E-state index contributed by atoms with van der Waals surface area (Å²) in [6.07, 6.45) is 8.17. The molecule has 1 fully saturated rings. The van der Waals surface area contributed by atoms with Crippen LogP contribution in [-0.4, -0.2) is 18.6 Å². The SMILES string of the molecule is CC1CC(OC(=O)CCCCCCN)CC(C)(C)C1. The molecule has 19 heavy (non-hydrogen) atoms. The van der Waals surface area contributed by atoms with Crippen LogP contribution in [0.1, 0.15) is 72.1 Å². The van der Waals surface area contributed by atoms with Gasteiger partial charge in [-0.2, -0.15) is 0 Å². The zero-order valence-corrected chi connectivity index (χ0v) is 12.9. The minimum absolute atomic E-state index is 0.0114. The van der Waals surface area contributed by atoms with Gasteiger partial charge in [-0.3, -0.25) is 4.79 Å². The van der Waals surface area contributed by atoms with E-state index in [4.69, 9.17) is 10.5 Å². The molecule has 112 valence electrons. The van der Waals surface area contributed by atoms with Crippen molar-refractivity contribution in [3.05, 3.63) is 0 Å². The molecule has 1 aliphatic carbocycles. The van der Waals surface area contributed by atoms with Gasteiger partial charge in [-0.15, -0.1) is 0 Å². The van der Waals surface area contributed by atoms with Crippen LogP contribution in [0.2, 0.25) is 0 Å². The van der Waals surface area contributed by atoms with Gasteiger partial charge < -0.3 is 10.5 Å². The molecule has 0 aromatic carbocycles. The van der Waals surface area contributed by atoms with Gasteiger partial charge in [0.05, 0.1) is 0 Å². The summed E-state index contributed by atoms with van der Waals surface area (Å²) in [5.41, 5.74) is 5.75. The summed E-state index contributed by atoms with van der Waals surface area (Å²) in [5.74, 6) is 0.647.